The molecule has 0 saturated carbocycles. The number of nitrogens with one attached hydrogen (secondary N) is 1. The molecule has 1 rings (SSSR count). The maximum atomic E-state index is 11.3. The SMILES string of the molecule is CCCC(Nc1ccc([N+](=O)[O-])cc1C(N)=O)C(=O)O. The highest BCUT2D eigenvalue weighted by molar-refractivity contribution is 5.99. The minimum absolute atomic E-state index is 0.110. The highest BCUT2D eigenvalue weighted by Gasteiger charge is 2.20. The molecule has 1 aromatic rings. The monoisotopic (exact) mass is 281 g/mol. The number of anilines is 1. The zero-order valence-electron chi connectivity index (χ0n) is 10.8. The number of benzene rings is 1. The van der Waals surface area contributed by atoms with E-state index in [1.807, 2.05) is 6.92 Å². The minimum atomic E-state index is -1.07. The summed E-state index contributed by atoms with van der Waals surface area (Å²) in [5, 5.41) is 22.4. The van der Waals surface area contributed by atoms with Gasteiger partial charge in [-0.05, 0) is 12.5 Å². The van der Waals surface area contributed by atoms with Crippen molar-refractivity contribution in [3.8, 4) is 0 Å². The Bertz CT molecular complexity index is 544. The molecule has 0 saturated heterocycles. The van der Waals surface area contributed by atoms with E-state index in [9.17, 15) is 19.7 Å². The lowest BCUT2D eigenvalue weighted by atomic mass is 10.1. The molecule has 0 aliphatic rings. The van der Waals surface area contributed by atoms with E-state index in [0.717, 1.165) is 6.07 Å². The van der Waals surface area contributed by atoms with Gasteiger partial charge in [0.25, 0.3) is 11.6 Å². The van der Waals surface area contributed by atoms with Crippen LogP contribution in [0.15, 0.2) is 18.2 Å². The molecule has 0 fully saturated rings. The van der Waals surface area contributed by atoms with E-state index in [0.29, 0.717) is 12.8 Å². The first-order valence-corrected chi connectivity index (χ1v) is 5.94. The molecular formula is C12H15N3O5. The Labute approximate surface area is 114 Å². The van der Waals surface area contributed by atoms with Crippen molar-refractivity contribution in [2.45, 2.75) is 25.8 Å². The topological polar surface area (TPSA) is 136 Å². The number of carboxylic acids is 1. The fourth-order valence-corrected chi connectivity index (χ4v) is 1.71. The van der Waals surface area contributed by atoms with Crippen molar-refractivity contribution in [3.05, 3.63) is 33.9 Å². The highest BCUT2D eigenvalue weighted by Crippen LogP contribution is 2.23. The lowest BCUT2D eigenvalue weighted by Crippen LogP contribution is -2.30. The van der Waals surface area contributed by atoms with Gasteiger partial charge >= 0.3 is 5.97 Å². The quantitative estimate of drug-likeness (QED) is 0.510. The largest absolute Gasteiger partial charge is 0.480 e. The van der Waals surface area contributed by atoms with Crippen LogP contribution in [-0.4, -0.2) is 27.9 Å². The number of carboxylic acid groups (broad SMARTS) is 1. The lowest BCUT2D eigenvalue weighted by molar-refractivity contribution is -0.384. The third-order valence-corrected chi connectivity index (χ3v) is 2.68. The van der Waals surface area contributed by atoms with Gasteiger partial charge in [0.1, 0.15) is 6.04 Å². The maximum absolute atomic E-state index is 11.3. The summed E-state index contributed by atoms with van der Waals surface area (Å²) in [5.74, 6) is -1.93. The molecule has 108 valence electrons. The molecule has 0 radical (unpaired) electrons. The van der Waals surface area contributed by atoms with Crippen molar-refractivity contribution in [2.24, 2.45) is 5.73 Å². The molecule has 8 nitrogen and oxygen atoms in total. The number of carbonyl (C=O) groups excluding carboxylic acids is 1. The van der Waals surface area contributed by atoms with Crippen LogP contribution in [0.2, 0.25) is 0 Å². The number of primary amides is 1. The first-order valence-electron chi connectivity index (χ1n) is 5.94. The summed E-state index contributed by atoms with van der Waals surface area (Å²) >= 11 is 0. The molecule has 1 atom stereocenters. The first kappa shape index (κ1) is 15.4. The summed E-state index contributed by atoms with van der Waals surface area (Å²) in [6.07, 6.45) is 0.980. The van der Waals surface area contributed by atoms with Crippen molar-refractivity contribution >= 4 is 23.3 Å². The number of hydrogen-bond acceptors (Lipinski definition) is 5. The van der Waals surface area contributed by atoms with E-state index < -0.39 is 22.8 Å². The number of nitro groups is 1. The number of nitrogens with two attached hydrogens (primary N) is 1. The molecular weight excluding hydrogens is 266 g/mol. The predicted octanol–water partition coefficient (Wildman–Crippen LogP) is 1.36. The Hall–Kier alpha value is -2.64. The second-order valence-corrected chi connectivity index (χ2v) is 4.18. The van der Waals surface area contributed by atoms with Crippen molar-refractivity contribution in [2.75, 3.05) is 5.32 Å². The Balaban J connectivity index is 3.13. The van der Waals surface area contributed by atoms with Crippen LogP contribution >= 0.6 is 0 Å². The molecule has 20 heavy (non-hydrogen) atoms. The van der Waals surface area contributed by atoms with Crippen molar-refractivity contribution < 1.29 is 19.6 Å². The van der Waals surface area contributed by atoms with E-state index in [2.05, 4.69) is 5.32 Å². The average Bonchev–Trinajstić information content (AvgIpc) is 2.37. The van der Waals surface area contributed by atoms with Crippen LogP contribution in [0.5, 0.6) is 0 Å². The van der Waals surface area contributed by atoms with Crippen LogP contribution in [0.1, 0.15) is 30.1 Å². The number of carbonyl (C=O) groups is 2. The van der Waals surface area contributed by atoms with Crippen LogP contribution in [-0.2, 0) is 4.79 Å². The zero-order chi connectivity index (χ0) is 15.3. The summed E-state index contributed by atoms with van der Waals surface area (Å²) in [4.78, 5) is 32.4. The maximum Gasteiger partial charge on any atom is 0.326 e. The van der Waals surface area contributed by atoms with Crippen LogP contribution in [0.4, 0.5) is 11.4 Å². The molecule has 8 heteroatoms. The molecule has 4 N–H and O–H groups in total. The first-order chi connectivity index (χ1) is 9.36. The minimum Gasteiger partial charge on any atom is -0.480 e. The number of hydrogen-bond donors (Lipinski definition) is 3. The summed E-state index contributed by atoms with van der Waals surface area (Å²) < 4.78 is 0. The van der Waals surface area contributed by atoms with Gasteiger partial charge in [0.2, 0.25) is 0 Å². The second kappa shape index (κ2) is 6.50. The Morgan fingerprint density at radius 3 is 2.60 bits per heavy atom. The smallest absolute Gasteiger partial charge is 0.326 e. The number of non-ortho nitro benzene ring substituents is 1. The van der Waals surface area contributed by atoms with E-state index in [1.54, 1.807) is 0 Å². The van der Waals surface area contributed by atoms with Crippen LogP contribution in [0.25, 0.3) is 0 Å². The fourth-order valence-electron chi connectivity index (χ4n) is 1.71. The average molecular weight is 281 g/mol. The summed E-state index contributed by atoms with van der Waals surface area (Å²) in [7, 11) is 0. The highest BCUT2D eigenvalue weighted by atomic mass is 16.6. The van der Waals surface area contributed by atoms with Gasteiger partial charge in [-0.25, -0.2) is 4.79 Å². The molecule has 0 bridgehead atoms. The Kier molecular flexibility index (Phi) is 5.01. The van der Waals surface area contributed by atoms with E-state index in [1.165, 1.54) is 12.1 Å². The number of nitrogens with zero attached hydrogens (tertiary/aromatic N) is 1. The molecule has 0 heterocycles. The molecule has 0 spiro atoms. The predicted molar refractivity (Wildman–Crippen MR) is 71.6 cm³/mol. The molecule has 0 aliphatic heterocycles. The lowest BCUT2D eigenvalue weighted by Gasteiger charge is -2.16. The van der Waals surface area contributed by atoms with E-state index >= 15 is 0 Å². The van der Waals surface area contributed by atoms with Crippen LogP contribution in [0, 0.1) is 10.1 Å². The third-order valence-electron chi connectivity index (χ3n) is 2.68. The van der Waals surface area contributed by atoms with Gasteiger partial charge in [0.05, 0.1) is 10.5 Å². The van der Waals surface area contributed by atoms with Gasteiger partial charge in [0.15, 0.2) is 0 Å². The summed E-state index contributed by atoms with van der Waals surface area (Å²) in [6.45, 7) is 1.82. The summed E-state index contributed by atoms with van der Waals surface area (Å²) in [6, 6.07) is 2.60. The van der Waals surface area contributed by atoms with Crippen LogP contribution < -0.4 is 11.1 Å². The van der Waals surface area contributed by atoms with E-state index in [4.69, 9.17) is 10.8 Å². The third kappa shape index (κ3) is 3.67. The molecule has 1 unspecified atom stereocenters. The van der Waals surface area contributed by atoms with Crippen molar-refractivity contribution in [3.63, 3.8) is 0 Å². The molecule has 1 aromatic carbocycles. The number of rotatable bonds is 7. The zero-order valence-corrected chi connectivity index (χ0v) is 10.8. The second-order valence-electron chi connectivity index (χ2n) is 4.18. The van der Waals surface area contributed by atoms with Gasteiger partial charge < -0.3 is 16.2 Å². The van der Waals surface area contributed by atoms with Gasteiger partial charge in [-0.2, -0.15) is 0 Å². The molecule has 0 aromatic heterocycles. The normalized spacial score (nSPS) is 11.7. The van der Waals surface area contributed by atoms with Gasteiger partial charge in [0, 0.05) is 17.8 Å². The fraction of sp³-hybridized carbons (Fsp3) is 0.333. The standard InChI is InChI=1S/C12H15N3O5/c1-2-3-10(12(17)18)14-9-5-4-7(15(19)20)6-8(9)11(13)16/h4-6,10,14H,2-3H2,1H3,(H2,13,16)(H,17,18). The van der Waals surface area contributed by atoms with Gasteiger partial charge in [-0.3, -0.25) is 14.9 Å². The summed E-state index contributed by atoms with van der Waals surface area (Å²) in [5.41, 5.74) is 4.94. The number of amides is 1. The van der Waals surface area contributed by atoms with Crippen molar-refractivity contribution in [1.82, 2.24) is 0 Å². The van der Waals surface area contributed by atoms with Crippen molar-refractivity contribution in [1.29, 1.82) is 0 Å². The van der Waals surface area contributed by atoms with E-state index in [-0.39, 0.29) is 16.9 Å². The number of aliphatic carboxylic acids is 1. The Morgan fingerprint density at radius 2 is 2.15 bits per heavy atom. The van der Waals surface area contributed by atoms with Gasteiger partial charge in [-0.15, -0.1) is 0 Å². The molecule has 1 amide bonds. The van der Waals surface area contributed by atoms with Crippen LogP contribution in [0.3, 0.4) is 0 Å². The Morgan fingerprint density at radius 1 is 1.50 bits per heavy atom. The molecule has 0 aliphatic carbocycles. The number of nitro benzene ring substituents is 1. The van der Waals surface area contributed by atoms with Gasteiger partial charge in [-0.1, -0.05) is 13.3 Å².